The molecule has 1 N–H and O–H groups in total. The van der Waals surface area contributed by atoms with E-state index >= 15 is 0 Å². The lowest BCUT2D eigenvalue weighted by molar-refractivity contribution is -0.729. The van der Waals surface area contributed by atoms with Gasteiger partial charge in [-0.1, -0.05) is 0 Å². The lowest BCUT2D eigenvalue weighted by Gasteiger charge is -2.47. The highest BCUT2D eigenvalue weighted by Crippen LogP contribution is 2.43. The first-order chi connectivity index (χ1) is 11.1. The first-order valence-electron chi connectivity index (χ1n) is 7.94. The monoisotopic (exact) mass is 313 g/mol. The number of quaternary nitrogens is 1. The normalized spacial score (nSPS) is 25.7. The Morgan fingerprint density at radius 1 is 1.22 bits per heavy atom. The van der Waals surface area contributed by atoms with Crippen molar-refractivity contribution in [3.05, 3.63) is 57.7 Å². The first-order valence-corrected chi connectivity index (χ1v) is 7.94. The molecule has 4 rings (SSSR count). The Balaban J connectivity index is 1.96. The Labute approximate surface area is 133 Å². The molecule has 0 saturated carbocycles. The summed E-state index contributed by atoms with van der Waals surface area (Å²) < 4.78 is 2.44. The van der Waals surface area contributed by atoms with Crippen molar-refractivity contribution in [2.45, 2.75) is 19.4 Å². The van der Waals surface area contributed by atoms with E-state index in [0.29, 0.717) is 10.4 Å². The fraction of sp³-hybridized carbons (Fsp3) is 0.353. The molecule has 1 aromatic carbocycles. The van der Waals surface area contributed by atoms with Gasteiger partial charge < -0.3 is 0 Å². The van der Waals surface area contributed by atoms with Crippen LogP contribution in [0.1, 0.15) is 12.8 Å². The van der Waals surface area contributed by atoms with E-state index in [2.05, 4.69) is 0 Å². The highest BCUT2D eigenvalue weighted by atomic mass is 16.6. The maximum absolute atomic E-state index is 12.3. The molecule has 2 aliphatic heterocycles. The Morgan fingerprint density at radius 3 is 2.87 bits per heavy atom. The SMILES string of the molecule is O=c1cccc2n1CC1CCC[N+]2(c2cccc([N+](=O)O)c2)C1. The van der Waals surface area contributed by atoms with Crippen molar-refractivity contribution < 1.29 is 10.1 Å². The summed E-state index contributed by atoms with van der Waals surface area (Å²) >= 11 is 0. The number of piperidine rings is 1. The lowest BCUT2D eigenvalue weighted by Crippen LogP contribution is -2.58. The third-order valence-electron chi connectivity index (χ3n) is 5.17. The van der Waals surface area contributed by atoms with Gasteiger partial charge in [0.15, 0.2) is 0 Å². The minimum absolute atomic E-state index is 0.0281. The van der Waals surface area contributed by atoms with Crippen LogP contribution in [0.3, 0.4) is 0 Å². The molecule has 2 aromatic rings. The van der Waals surface area contributed by atoms with Crippen LogP contribution in [-0.4, -0.2) is 27.8 Å². The predicted octanol–water partition coefficient (Wildman–Crippen LogP) is 2.71. The van der Waals surface area contributed by atoms with Gasteiger partial charge in [0.2, 0.25) is 5.82 Å². The lowest BCUT2D eigenvalue weighted by atomic mass is 9.91. The summed E-state index contributed by atoms with van der Waals surface area (Å²) in [5.41, 5.74) is 1.19. The van der Waals surface area contributed by atoms with Gasteiger partial charge in [-0.25, -0.2) is 9.69 Å². The largest absolute Gasteiger partial charge is 0.322 e. The standard InChI is InChI=1S/C17H19N3O3/c21-17-8-2-7-16-18(17)11-13-4-3-9-20(16,12-13)15-6-1-5-14(10-15)19(22)23/h1-2,5-8,10,13H,3-4,9,11-12H2,(H,22,23)/q+2. The van der Waals surface area contributed by atoms with Crippen LogP contribution in [-0.2, 0) is 6.54 Å². The average molecular weight is 313 g/mol. The minimum atomic E-state index is -0.106. The Kier molecular flexibility index (Phi) is 3.09. The van der Waals surface area contributed by atoms with E-state index in [0.717, 1.165) is 44.0 Å². The number of nitrogens with zero attached hydrogens (tertiary/aromatic N) is 3. The number of hydrogen-bond donors (Lipinski definition) is 1. The first kappa shape index (κ1) is 14.1. The molecule has 0 aliphatic carbocycles. The van der Waals surface area contributed by atoms with Crippen molar-refractivity contribution in [2.24, 2.45) is 5.92 Å². The highest BCUT2D eigenvalue weighted by molar-refractivity contribution is 5.60. The number of fused-ring (bicyclic) bond motifs is 4. The Hall–Kier alpha value is -2.47. The van der Waals surface area contributed by atoms with Gasteiger partial charge in [0, 0.05) is 36.7 Å². The van der Waals surface area contributed by atoms with Crippen LogP contribution in [0, 0.1) is 10.8 Å². The quantitative estimate of drug-likeness (QED) is 0.685. The van der Waals surface area contributed by atoms with Crippen LogP contribution >= 0.6 is 0 Å². The summed E-state index contributed by atoms with van der Waals surface area (Å²) in [6.45, 7) is 2.59. The van der Waals surface area contributed by atoms with Gasteiger partial charge in [0.1, 0.15) is 5.69 Å². The van der Waals surface area contributed by atoms with E-state index in [1.165, 1.54) is 0 Å². The molecular formula is C17H19N3O3+2. The molecule has 23 heavy (non-hydrogen) atoms. The van der Waals surface area contributed by atoms with Gasteiger partial charge >= 0.3 is 5.69 Å². The zero-order valence-electron chi connectivity index (χ0n) is 12.8. The number of pyridine rings is 1. The second-order valence-electron chi connectivity index (χ2n) is 6.51. The van der Waals surface area contributed by atoms with Crippen molar-refractivity contribution in [1.29, 1.82) is 0 Å². The van der Waals surface area contributed by atoms with E-state index < -0.39 is 0 Å². The molecule has 1 aromatic heterocycles. The molecule has 0 amide bonds. The van der Waals surface area contributed by atoms with Crippen molar-refractivity contribution in [3.63, 3.8) is 0 Å². The molecule has 2 bridgehead atoms. The summed E-state index contributed by atoms with van der Waals surface area (Å²) in [5, 5.41) is 9.22. The summed E-state index contributed by atoms with van der Waals surface area (Å²) in [6.07, 6.45) is 2.20. The summed E-state index contributed by atoms with van der Waals surface area (Å²) in [7, 11) is 0. The Bertz CT molecular complexity index is 845. The van der Waals surface area contributed by atoms with Gasteiger partial charge in [0.25, 0.3) is 10.5 Å². The minimum Gasteiger partial charge on any atom is -0.269 e. The van der Waals surface area contributed by atoms with Crippen LogP contribution in [0.5, 0.6) is 0 Å². The van der Waals surface area contributed by atoms with Crippen LogP contribution in [0.15, 0.2) is 47.3 Å². The van der Waals surface area contributed by atoms with E-state index in [1.807, 2.05) is 16.7 Å². The zero-order chi connectivity index (χ0) is 16.0. The highest BCUT2D eigenvalue weighted by Gasteiger charge is 2.45. The molecule has 2 unspecified atom stereocenters. The third kappa shape index (κ3) is 2.09. The second kappa shape index (κ2) is 5.03. The van der Waals surface area contributed by atoms with Crippen molar-refractivity contribution in [3.8, 4) is 0 Å². The van der Waals surface area contributed by atoms with E-state index in [4.69, 9.17) is 0 Å². The topological polar surface area (TPSA) is 62.3 Å². The molecule has 118 valence electrons. The molecule has 0 spiro atoms. The smallest absolute Gasteiger partial charge is 0.269 e. The molecule has 1 saturated heterocycles. The number of rotatable bonds is 2. The predicted molar refractivity (Wildman–Crippen MR) is 86.1 cm³/mol. The molecular weight excluding hydrogens is 294 g/mol. The Morgan fingerprint density at radius 2 is 2.04 bits per heavy atom. The molecule has 3 heterocycles. The van der Waals surface area contributed by atoms with E-state index in [-0.39, 0.29) is 16.2 Å². The van der Waals surface area contributed by atoms with Crippen molar-refractivity contribution in [2.75, 3.05) is 13.1 Å². The molecule has 0 radical (unpaired) electrons. The summed E-state index contributed by atoms with van der Waals surface area (Å²) in [4.78, 5) is 23.5. The maximum atomic E-state index is 12.3. The maximum Gasteiger partial charge on any atom is 0.322 e. The van der Waals surface area contributed by atoms with Gasteiger partial charge in [0.05, 0.1) is 24.1 Å². The van der Waals surface area contributed by atoms with Gasteiger partial charge in [-0.05, 0) is 25.0 Å². The third-order valence-corrected chi connectivity index (χ3v) is 5.17. The molecule has 2 atom stereocenters. The van der Waals surface area contributed by atoms with Gasteiger partial charge in [-0.3, -0.25) is 9.36 Å². The van der Waals surface area contributed by atoms with Crippen LogP contribution < -0.4 is 10.0 Å². The average Bonchev–Trinajstić information content (AvgIpc) is 2.56. The number of benzene rings is 1. The van der Waals surface area contributed by atoms with Crippen molar-refractivity contribution >= 4 is 17.2 Å². The number of aromatic nitrogens is 1. The summed E-state index contributed by atoms with van der Waals surface area (Å²) in [6, 6.07) is 12.5. The van der Waals surface area contributed by atoms with E-state index in [9.17, 15) is 14.9 Å². The second-order valence-corrected chi connectivity index (χ2v) is 6.51. The van der Waals surface area contributed by atoms with Crippen LogP contribution in [0.25, 0.3) is 0 Å². The fourth-order valence-electron chi connectivity index (χ4n) is 4.20. The molecule has 1 fully saturated rings. The van der Waals surface area contributed by atoms with E-state index in [1.54, 1.807) is 30.3 Å². The van der Waals surface area contributed by atoms with Gasteiger partial charge in [-0.15, -0.1) is 0 Å². The van der Waals surface area contributed by atoms with Gasteiger partial charge in [-0.2, -0.15) is 0 Å². The zero-order valence-corrected chi connectivity index (χ0v) is 12.8. The number of hydrogen-bond acceptors (Lipinski definition) is 2. The molecule has 2 aliphatic rings. The van der Waals surface area contributed by atoms with Crippen LogP contribution in [0.2, 0.25) is 0 Å². The summed E-state index contributed by atoms with van der Waals surface area (Å²) in [5.74, 6) is 1.43. The molecule has 6 nitrogen and oxygen atoms in total. The van der Waals surface area contributed by atoms with Crippen molar-refractivity contribution in [1.82, 2.24) is 9.05 Å². The molecule has 6 heteroatoms. The van der Waals surface area contributed by atoms with Crippen LogP contribution in [0.4, 0.5) is 17.2 Å². The fourth-order valence-corrected chi connectivity index (χ4v) is 4.20.